The quantitative estimate of drug-likeness (QED) is 0.373. The van der Waals surface area contributed by atoms with Gasteiger partial charge < -0.3 is 14.9 Å². The van der Waals surface area contributed by atoms with E-state index in [0.717, 1.165) is 13.0 Å². The number of aliphatic carboxylic acids is 1. The maximum atomic E-state index is 11.2. The summed E-state index contributed by atoms with van der Waals surface area (Å²) in [6.07, 6.45) is 0.997. The van der Waals surface area contributed by atoms with Crippen LogP contribution in [-0.4, -0.2) is 55.2 Å². The molecule has 0 saturated carbocycles. The van der Waals surface area contributed by atoms with Gasteiger partial charge in [0.2, 0.25) is 5.91 Å². The lowest BCUT2D eigenvalue weighted by Crippen LogP contribution is -2.43. The van der Waals surface area contributed by atoms with E-state index in [2.05, 4.69) is 11.9 Å². The Labute approximate surface area is 103 Å². The van der Waals surface area contributed by atoms with Crippen LogP contribution in [0.2, 0.25) is 0 Å². The van der Waals surface area contributed by atoms with Crippen molar-refractivity contribution >= 4 is 11.9 Å². The molecule has 0 aromatic heterocycles. The topological polar surface area (TPSA) is 66.4 Å². The third kappa shape index (κ3) is 8.45. The standard InChI is InChI=1S/C12H22N2O3/c1-10(2)12(17)13-7-5-8-14(3,4)9-6-11(15)16/h1,5-9H2,2-4H3,(H-,13,15,16,17)/p+1. The molecule has 0 unspecified atom stereocenters. The number of carboxylic acids is 1. The lowest BCUT2D eigenvalue weighted by Gasteiger charge is -2.29. The summed E-state index contributed by atoms with van der Waals surface area (Å²) in [5, 5.41) is 11.4. The first-order valence-corrected chi connectivity index (χ1v) is 5.72. The van der Waals surface area contributed by atoms with Crippen LogP contribution < -0.4 is 5.32 Å². The van der Waals surface area contributed by atoms with Gasteiger partial charge in [-0.1, -0.05) is 6.58 Å². The molecule has 0 aromatic rings. The molecule has 98 valence electrons. The highest BCUT2D eigenvalue weighted by Gasteiger charge is 2.16. The second-order valence-electron chi connectivity index (χ2n) is 4.92. The summed E-state index contributed by atoms with van der Waals surface area (Å²) in [6, 6.07) is 0. The van der Waals surface area contributed by atoms with Crippen molar-refractivity contribution in [3.05, 3.63) is 12.2 Å². The van der Waals surface area contributed by atoms with Crippen LogP contribution in [0, 0.1) is 0 Å². The molecular weight excluding hydrogens is 220 g/mol. The predicted molar refractivity (Wildman–Crippen MR) is 66.5 cm³/mol. The van der Waals surface area contributed by atoms with Crippen molar-refractivity contribution in [3.63, 3.8) is 0 Å². The highest BCUT2D eigenvalue weighted by Crippen LogP contribution is 2.01. The molecule has 5 heteroatoms. The smallest absolute Gasteiger partial charge is 0.309 e. The molecule has 0 saturated heterocycles. The largest absolute Gasteiger partial charge is 0.481 e. The van der Waals surface area contributed by atoms with Gasteiger partial charge in [0.1, 0.15) is 0 Å². The first kappa shape index (κ1) is 15.6. The zero-order valence-electron chi connectivity index (χ0n) is 11.0. The van der Waals surface area contributed by atoms with Gasteiger partial charge in [-0.15, -0.1) is 0 Å². The van der Waals surface area contributed by atoms with Crippen LogP contribution in [0.5, 0.6) is 0 Å². The number of rotatable bonds is 8. The molecule has 0 atom stereocenters. The number of hydrogen-bond acceptors (Lipinski definition) is 2. The number of nitrogens with one attached hydrogen (secondary N) is 1. The minimum atomic E-state index is -0.771. The fourth-order valence-corrected chi connectivity index (χ4v) is 1.37. The monoisotopic (exact) mass is 243 g/mol. The average Bonchev–Trinajstić information content (AvgIpc) is 2.21. The van der Waals surface area contributed by atoms with E-state index in [1.54, 1.807) is 6.92 Å². The molecule has 0 aliphatic rings. The second kappa shape index (κ2) is 7.06. The fraction of sp³-hybridized carbons (Fsp3) is 0.667. The van der Waals surface area contributed by atoms with Crippen LogP contribution in [0.1, 0.15) is 19.8 Å². The number of carboxylic acid groups (broad SMARTS) is 1. The van der Waals surface area contributed by atoms with E-state index >= 15 is 0 Å². The van der Waals surface area contributed by atoms with E-state index in [9.17, 15) is 9.59 Å². The molecule has 0 aliphatic heterocycles. The molecule has 17 heavy (non-hydrogen) atoms. The Bertz CT molecular complexity index is 298. The number of carbonyl (C=O) groups is 2. The molecule has 1 amide bonds. The Kier molecular flexibility index (Phi) is 6.50. The summed E-state index contributed by atoms with van der Waals surface area (Å²) >= 11 is 0. The molecule has 0 aliphatic carbocycles. The molecule has 0 fully saturated rings. The van der Waals surface area contributed by atoms with Crippen molar-refractivity contribution in [2.45, 2.75) is 19.8 Å². The van der Waals surface area contributed by atoms with Gasteiger partial charge in [0, 0.05) is 18.5 Å². The molecule has 0 bridgehead atoms. The van der Waals surface area contributed by atoms with E-state index < -0.39 is 5.97 Å². The lowest BCUT2D eigenvalue weighted by molar-refractivity contribution is -0.889. The van der Waals surface area contributed by atoms with E-state index in [0.29, 0.717) is 23.1 Å². The number of amides is 1. The zero-order valence-corrected chi connectivity index (χ0v) is 11.0. The molecule has 0 spiro atoms. The predicted octanol–water partition coefficient (Wildman–Crippen LogP) is 0.620. The van der Waals surface area contributed by atoms with Gasteiger partial charge in [-0.2, -0.15) is 0 Å². The third-order valence-corrected chi connectivity index (χ3v) is 2.54. The van der Waals surface area contributed by atoms with Gasteiger partial charge in [0.05, 0.1) is 33.6 Å². The molecule has 0 rings (SSSR count). The maximum absolute atomic E-state index is 11.2. The molecule has 0 radical (unpaired) electrons. The van der Waals surface area contributed by atoms with Crippen LogP contribution in [0.4, 0.5) is 0 Å². The summed E-state index contributed by atoms with van der Waals surface area (Å²) in [4.78, 5) is 21.7. The van der Waals surface area contributed by atoms with Gasteiger partial charge in [-0.05, 0) is 6.92 Å². The molecule has 5 nitrogen and oxygen atoms in total. The first-order valence-electron chi connectivity index (χ1n) is 5.72. The summed E-state index contributed by atoms with van der Waals surface area (Å²) in [5.41, 5.74) is 0.504. The van der Waals surface area contributed by atoms with Crippen LogP contribution >= 0.6 is 0 Å². The number of hydrogen-bond donors (Lipinski definition) is 2. The number of nitrogens with zero attached hydrogens (tertiary/aromatic N) is 1. The third-order valence-electron chi connectivity index (χ3n) is 2.54. The van der Waals surface area contributed by atoms with Gasteiger partial charge in [0.15, 0.2) is 0 Å². The zero-order chi connectivity index (χ0) is 13.5. The van der Waals surface area contributed by atoms with Crippen molar-refractivity contribution in [3.8, 4) is 0 Å². The van der Waals surface area contributed by atoms with Crippen LogP contribution in [0.25, 0.3) is 0 Å². The van der Waals surface area contributed by atoms with Gasteiger partial charge in [-0.3, -0.25) is 9.59 Å². The Balaban J connectivity index is 3.75. The second-order valence-corrected chi connectivity index (χ2v) is 4.92. The minimum absolute atomic E-state index is 0.124. The number of quaternary nitrogens is 1. The van der Waals surface area contributed by atoms with E-state index in [-0.39, 0.29) is 12.3 Å². The van der Waals surface area contributed by atoms with Gasteiger partial charge in [0.25, 0.3) is 0 Å². The molecular formula is C12H23N2O3+. The highest BCUT2D eigenvalue weighted by molar-refractivity contribution is 5.91. The SMILES string of the molecule is C=C(C)C(=O)NCCC[N+](C)(C)CCC(=O)O. The van der Waals surface area contributed by atoms with E-state index in [4.69, 9.17) is 5.11 Å². The van der Waals surface area contributed by atoms with Crippen LogP contribution in [-0.2, 0) is 9.59 Å². The minimum Gasteiger partial charge on any atom is -0.481 e. The van der Waals surface area contributed by atoms with Crippen molar-refractivity contribution in [2.24, 2.45) is 0 Å². The maximum Gasteiger partial charge on any atom is 0.309 e. The van der Waals surface area contributed by atoms with Gasteiger partial charge in [-0.25, -0.2) is 0 Å². The van der Waals surface area contributed by atoms with E-state index in [1.165, 1.54) is 0 Å². The first-order chi connectivity index (χ1) is 7.74. The fourth-order valence-electron chi connectivity index (χ4n) is 1.37. The number of carbonyl (C=O) groups excluding carboxylic acids is 1. The Morgan fingerprint density at radius 2 is 1.88 bits per heavy atom. The Morgan fingerprint density at radius 1 is 1.29 bits per heavy atom. The van der Waals surface area contributed by atoms with Crippen LogP contribution in [0.15, 0.2) is 12.2 Å². The highest BCUT2D eigenvalue weighted by atomic mass is 16.4. The van der Waals surface area contributed by atoms with Crippen molar-refractivity contribution in [1.82, 2.24) is 5.32 Å². The van der Waals surface area contributed by atoms with Crippen molar-refractivity contribution in [2.75, 3.05) is 33.7 Å². The lowest BCUT2D eigenvalue weighted by atomic mass is 10.3. The Hall–Kier alpha value is -1.36. The van der Waals surface area contributed by atoms with Crippen molar-refractivity contribution in [1.29, 1.82) is 0 Å². The van der Waals surface area contributed by atoms with Crippen LogP contribution in [0.3, 0.4) is 0 Å². The summed E-state index contributed by atoms with van der Waals surface area (Å²) in [6.45, 7) is 7.25. The molecule has 2 N–H and O–H groups in total. The average molecular weight is 243 g/mol. The molecule has 0 heterocycles. The Morgan fingerprint density at radius 3 is 2.35 bits per heavy atom. The van der Waals surface area contributed by atoms with E-state index in [1.807, 2.05) is 14.1 Å². The van der Waals surface area contributed by atoms with Crippen molar-refractivity contribution < 1.29 is 19.2 Å². The summed E-state index contributed by atoms with van der Waals surface area (Å²) in [5.74, 6) is -0.896. The molecule has 0 aromatic carbocycles. The normalized spacial score (nSPS) is 11.0. The van der Waals surface area contributed by atoms with Gasteiger partial charge >= 0.3 is 5.97 Å². The summed E-state index contributed by atoms with van der Waals surface area (Å²) < 4.78 is 0.648. The summed E-state index contributed by atoms with van der Waals surface area (Å²) in [7, 11) is 3.98.